The van der Waals surface area contributed by atoms with Gasteiger partial charge >= 0.3 is 0 Å². The van der Waals surface area contributed by atoms with E-state index in [4.69, 9.17) is 0 Å². The predicted octanol–water partition coefficient (Wildman–Crippen LogP) is 3.18. The van der Waals surface area contributed by atoms with Crippen LogP contribution in [0.4, 0.5) is 0 Å². The number of aromatic nitrogens is 1. The van der Waals surface area contributed by atoms with Gasteiger partial charge < -0.3 is 5.11 Å². The SMILES string of the molecule is OC1(Cc2cccnc2)C2CCC1Cc1ccccc1C2. The fourth-order valence-electron chi connectivity index (χ4n) is 4.40. The third-order valence-corrected chi connectivity index (χ3v) is 5.54. The smallest absolute Gasteiger partial charge is 0.0750 e. The van der Waals surface area contributed by atoms with Crippen LogP contribution in [-0.4, -0.2) is 15.7 Å². The molecule has 2 atom stereocenters. The Morgan fingerprint density at radius 2 is 1.67 bits per heavy atom. The second kappa shape index (κ2) is 4.96. The van der Waals surface area contributed by atoms with E-state index in [1.54, 1.807) is 6.20 Å². The summed E-state index contributed by atoms with van der Waals surface area (Å²) in [6, 6.07) is 12.8. The molecule has 2 aliphatic carbocycles. The molecule has 2 aromatic rings. The number of rotatable bonds is 2. The lowest BCUT2D eigenvalue weighted by atomic mass is 9.78. The fraction of sp³-hybridized carbons (Fsp3) is 0.421. The Kier molecular flexibility index (Phi) is 3.07. The second-order valence-corrected chi connectivity index (χ2v) is 6.68. The van der Waals surface area contributed by atoms with Crippen LogP contribution < -0.4 is 0 Å². The number of aliphatic hydroxyl groups is 1. The molecule has 2 aliphatic rings. The molecule has 0 aliphatic heterocycles. The molecule has 0 amide bonds. The monoisotopic (exact) mass is 279 g/mol. The van der Waals surface area contributed by atoms with Crippen molar-refractivity contribution in [1.82, 2.24) is 4.98 Å². The molecule has 1 heterocycles. The lowest BCUT2D eigenvalue weighted by molar-refractivity contribution is -0.0330. The van der Waals surface area contributed by atoms with Crippen molar-refractivity contribution in [3.05, 3.63) is 65.5 Å². The molecule has 21 heavy (non-hydrogen) atoms. The van der Waals surface area contributed by atoms with Crippen LogP contribution in [0.25, 0.3) is 0 Å². The van der Waals surface area contributed by atoms with E-state index in [2.05, 4.69) is 35.3 Å². The quantitative estimate of drug-likeness (QED) is 0.916. The molecule has 0 spiro atoms. The number of benzene rings is 1. The van der Waals surface area contributed by atoms with E-state index in [0.717, 1.165) is 37.7 Å². The van der Waals surface area contributed by atoms with Crippen LogP contribution in [0.1, 0.15) is 29.5 Å². The van der Waals surface area contributed by atoms with Crippen molar-refractivity contribution in [2.45, 2.75) is 37.7 Å². The van der Waals surface area contributed by atoms with Gasteiger partial charge in [0.05, 0.1) is 5.60 Å². The van der Waals surface area contributed by atoms with E-state index < -0.39 is 5.60 Å². The Balaban J connectivity index is 1.68. The van der Waals surface area contributed by atoms with Gasteiger partial charge in [0.15, 0.2) is 0 Å². The maximum atomic E-state index is 11.4. The summed E-state index contributed by atoms with van der Waals surface area (Å²) >= 11 is 0. The zero-order valence-electron chi connectivity index (χ0n) is 12.2. The minimum absolute atomic E-state index is 0.381. The first-order valence-corrected chi connectivity index (χ1v) is 7.94. The minimum Gasteiger partial charge on any atom is -0.389 e. The van der Waals surface area contributed by atoms with Crippen LogP contribution in [-0.2, 0) is 19.3 Å². The van der Waals surface area contributed by atoms with E-state index in [1.807, 2.05) is 12.3 Å². The normalized spacial score (nSPS) is 30.7. The third-order valence-electron chi connectivity index (χ3n) is 5.54. The first-order valence-electron chi connectivity index (χ1n) is 7.94. The highest BCUT2D eigenvalue weighted by molar-refractivity contribution is 5.32. The number of hydrogen-bond donors (Lipinski definition) is 1. The molecular weight excluding hydrogens is 258 g/mol. The Morgan fingerprint density at radius 3 is 2.24 bits per heavy atom. The van der Waals surface area contributed by atoms with E-state index in [0.29, 0.717) is 11.8 Å². The number of nitrogens with zero attached hydrogens (tertiary/aromatic N) is 1. The molecule has 108 valence electrons. The Bertz CT molecular complexity index is 604. The van der Waals surface area contributed by atoms with Crippen LogP contribution in [0.15, 0.2) is 48.8 Å². The van der Waals surface area contributed by atoms with E-state index in [1.165, 1.54) is 11.1 Å². The minimum atomic E-state index is -0.567. The van der Waals surface area contributed by atoms with Gasteiger partial charge in [-0.15, -0.1) is 0 Å². The van der Waals surface area contributed by atoms with Crippen molar-refractivity contribution in [1.29, 1.82) is 0 Å². The highest BCUT2D eigenvalue weighted by atomic mass is 16.3. The van der Waals surface area contributed by atoms with Crippen LogP contribution in [0.5, 0.6) is 0 Å². The Morgan fingerprint density at radius 1 is 1.00 bits per heavy atom. The summed E-state index contributed by atoms with van der Waals surface area (Å²) < 4.78 is 0. The van der Waals surface area contributed by atoms with Gasteiger partial charge in [-0.05, 0) is 60.3 Å². The average Bonchev–Trinajstić information content (AvgIpc) is 2.71. The van der Waals surface area contributed by atoms with Crippen molar-refractivity contribution in [2.75, 3.05) is 0 Å². The van der Waals surface area contributed by atoms with Crippen LogP contribution in [0.3, 0.4) is 0 Å². The molecule has 1 N–H and O–H groups in total. The summed E-state index contributed by atoms with van der Waals surface area (Å²) in [5, 5.41) is 11.4. The van der Waals surface area contributed by atoms with E-state index >= 15 is 0 Å². The number of pyridine rings is 1. The molecule has 2 nitrogen and oxygen atoms in total. The molecule has 1 aromatic carbocycles. The molecule has 0 saturated heterocycles. The predicted molar refractivity (Wildman–Crippen MR) is 83.0 cm³/mol. The summed E-state index contributed by atoms with van der Waals surface area (Å²) in [7, 11) is 0. The van der Waals surface area contributed by atoms with Crippen molar-refractivity contribution in [2.24, 2.45) is 11.8 Å². The van der Waals surface area contributed by atoms with Gasteiger partial charge in [0.2, 0.25) is 0 Å². The molecule has 1 fully saturated rings. The van der Waals surface area contributed by atoms with Crippen LogP contribution >= 0.6 is 0 Å². The van der Waals surface area contributed by atoms with Gasteiger partial charge in [-0.1, -0.05) is 30.3 Å². The number of hydrogen-bond acceptors (Lipinski definition) is 2. The molecule has 0 radical (unpaired) electrons. The Hall–Kier alpha value is -1.67. The van der Waals surface area contributed by atoms with Gasteiger partial charge in [-0.25, -0.2) is 0 Å². The van der Waals surface area contributed by atoms with Gasteiger partial charge in [0.25, 0.3) is 0 Å². The van der Waals surface area contributed by atoms with Crippen molar-refractivity contribution in [3.8, 4) is 0 Å². The van der Waals surface area contributed by atoms with E-state index in [-0.39, 0.29) is 0 Å². The summed E-state index contributed by atoms with van der Waals surface area (Å²) in [5.41, 5.74) is 3.47. The maximum Gasteiger partial charge on any atom is 0.0750 e. The van der Waals surface area contributed by atoms with Crippen molar-refractivity contribution < 1.29 is 5.11 Å². The van der Waals surface area contributed by atoms with Gasteiger partial charge in [-0.2, -0.15) is 0 Å². The van der Waals surface area contributed by atoms with Crippen LogP contribution in [0.2, 0.25) is 0 Å². The highest BCUT2D eigenvalue weighted by Crippen LogP contribution is 2.48. The molecule has 1 saturated carbocycles. The zero-order valence-corrected chi connectivity index (χ0v) is 12.2. The molecular formula is C19H21NO. The lowest BCUT2D eigenvalue weighted by Gasteiger charge is -2.34. The zero-order chi connectivity index (χ0) is 14.3. The van der Waals surface area contributed by atoms with Gasteiger partial charge in [0.1, 0.15) is 0 Å². The Labute approximate surface area is 125 Å². The van der Waals surface area contributed by atoms with Crippen molar-refractivity contribution in [3.63, 3.8) is 0 Å². The standard InChI is InChI=1S/C19H21NO/c21-19(12-14-4-3-9-20-13-14)17-7-8-18(19)11-16-6-2-1-5-15(16)10-17/h1-6,9,13,17-18,21H,7-8,10-12H2. The van der Waals surface area contributed by atoms with Gasteiger partial charge in [-0.3, -0.25) is 4.98 Å². The second-order valence-electron chi connectivity index (χ2n) is 6.68. The van der Waals surface area contributed by atoms with Gasteiger partial charge in [0, 0.05) is 18.8 Å². The summed E-state index contributed by atoms with van der Waals surface area (Å²) in [6.07, 6.45) is 8.77. The fourth-order valence-corrected chi connectivity index (χ4v) is 4.40. The molecule has 1 aromatic heterocycles. The lowest BCUT2D eigenvalue weighted by Crippen LogP contribution is -2.42. The van der Waals surface area contributed by atoms with E-state index in [9.17, 15) is 5.11 Å². The topological polar surface area (TPSA) is 33.1 Å². The molecule has 2 bridgehead atoms. The maximum absolute atomic E-state index is 11.4. The first kappa shape index (κ1) is 13.0. The summed E-state index contributed by atoms with van der Waals surface area (Å²) in [5.74, 6) is 0.762. The third kappa shape index (κ3) is 2.18. The summed E-state index contributed by atoms with van der Waals surface area (Å²) in [6.45, 7) is 0. The molecule has 2 unspecified atom stereocenters. The molecule has 2 heteroatoms. The largest absolute Gasteiger partial charge is 0.389 e. The van der Waals surface area contributed by atoms with Crippen molar-refractivity contribution >= 4 is 0 Å². The number of fused-ring (bicyclic) bond motifs is 3. The average molecular weight is 279 g/mol. The van der Waals surface area contributed by atoms with Crippen LogP contribution in [0, 0.1) is 11.8 Å². The highest BCUT2D eigenvalue weighted by Gasteiger charge is 2.50. The first-order chi connectivity index (χ1) is 10.3. The summed E-state index contributed by atoms with van der Waals surface area (Å²) in [4.78, 5) is 4.20. The molecule has 4 rings (SSSR count).